The number of amides is 1. The summed E-state index contributed by atoms with van der Waals surface area (Å²) < 4.78 is 1.65. The van der Waals surface area contributed by atoms with E-state index < -0.39 is 5.97 Å². The van der Waals surface area contributed by atoms with E-state index >= 15 is 0 Å². The first-order chi connectivity index (χ1) is 9.99. The highest BCUT2D eigenvalue weighted by atomic mass is 16.4. The van der Waals surface area contributed by atoms with Crippen LogP contribution in [0.25, 0.3) is 0 Å². The van der Waals surface area contributed by atoms with Crippen LogP contribution >= 0.6 is 0 Å². The molecule has 110 valence electrons. The summed E-state index contributed by atoms with van der Waals surface area (Å²) >= 11 is 0. The zero-order valence-electron chi connectivity index (χ0n) is 11.6. The predicted octanol–water partition coefficient (Wildman–Crippen LogP) is 1.12. The molecule has 0 saturated heterocycles. The minimum absolute atomic E-state index is 0.0267. The molecule has 21 heavy (non-hydrogen) atoms. The van der Waals surface area contributed by atoms with E-state index in [-0.39, 0.29) is 24.6 Å². The van der Waals surface area contributed by atoms with Gasteiger partial charge in [-0.2, -0.15) is 0 Å². The lowest BCUT2D eigenvalue weighted by atomic mass is 10.2. The lowest BCUT2D eigenvalue weighted by molar-refractivity contribution is -0.136. The fourth-order valence-electron chi connectivity index (χ4n) is 1.93. The van der Waals surface area contributed by atoms with Gasteiger partial charge < -0.3 is 20.3 Å². The maximum Gasteiger partial charge on any atom is 0.305 e. The van der Waals surface area contributed by atoms with Crippen molar-refractivity contribution in [2.45, 2.75) is 6.42 Å². The van der Waals surface area contributed by atoms with Crippen LogP contribution in [0.4, 0.5) is 11.4 Å². The van der Waals surface area contributed by atoms with E-state index in [2.05, 4.69) is 4.98 Å². The number of carbonyl (C=O) groups is 2. The molecule has 1 heterocycles. The third kappa shape index (κ3) is 3.38. The molecule has 0 aliphatic rings. The Morgan fingerprint density at radius 1 is 1.38 bits per heavy atom. The number of para-hydroxylation sites is 2. The molecule has 2 rings (SSSR count). The highest BCUT2D eigenvalue weighted by Gasteiger charge is 2.22. The Morgan fingerprint density at radius 3 is 2.67 bits per heavy atom. The van der Waals surface area contributed by atoms with E-state index in [1.54, 1.807) is 42.1 Å². The highest BCUT2D eigenvalue weighted by Crippen LogP contribution is 2.24. The number of hydrogen-bond acceptors (Lipinski definition) is 4. The first-order valence-electron chi connectivity index (χ1n) is 6.35. The predicted molar refractivity (Wildman–Crippen MR) is 78.0 cm³/mol. The first kappa shape index (κ1) is 14.6. The monoisotopic (exact) mass is 288 g/mol. The van der Waals surface area contributed by atoms with Gasteiger partial charge in [0.1, 0.15) is 5.69 Å². The largest absolute Gasteiger partial charge is 0.481 e. The number of hydrogen-bond donors (Lipinski definition) is 2. The number of imidazole rings is 1. The minimum Gasteiger partial charge on any atom is -0.481 e. The third-order valence-electron chi connectivity index (χ3n) is 2.95. The molecule has 1 aromatic heterocycles. The number of carboxylic acid groups (broad SMARTS) is 1. The van der Waals surface area contributed by atoms with Crippen LogP contribution in [-0.2, 0) is 11.8 Å². The zero-order valence-corrected chi connectivity index (χ0v) is 11.6. The van der Waals surface area contributed by atoms with Gasteiger partial charge in [-0.3, -0.25) is 9.59 Å². The molecule has 0 radical (unpaired) electrons. The number of carboxylic acids is 1. The van der Waals surface area contributed by atoms with Gasteiger partial charge in [0.25, 0.3) is 5.91 Å². The number of aliphatic carboxylic acids is 1. The Labute approximate surface area is 121 Å². The van der Waals surface area contributed by atoms with Gasteiger partial charge in [0.15, 0.2) is 0 Å². The average molecular weight is 288 g/mol. The minimum atomic E-state index is -0.983. The second kappa shape index (κ2) is 6.08. The van der Waals surface area contributed by atoms with Crippen LogP contribution in [0.15, 0.2) is 36.8 Å². The van der Waals surface area contributed by atoms with E-state index in [0.29, 0.717) is 11.4 Å². The molecule has 2 aromatic rings. The number of carbonyl (C=O) groups excluding carboxylic acids is 1. The van der Waals surface area contributed by atoms with Crippen molar-refractivity contribution in [1.29, 1.82) is 0 Å². The Balaban J connectivity index is 2.34. The van der Waals surface area contributed by atoms with Gasteiger partial charge in [-0.25, -0.2) is 4.98 Å². The first-order valence-corrected chi connectivity index (χ1v) is 6.35. The quantitative estimate of drug-likeness (QED) is 0.803. The molecule has 0 saturated carbocycles. The molecule has 7 nitrogen and oxygen atoms in total. The van der Waals surface area contributed by atoms with Gasteiger partial charge in [0, 0.05) is 19.8 Å². The molecule has 1 aromatic carbocycles. The molecular weight excluding hydrogens is 272 g/mol. The molecular formula is C14H16N4O3. The molecule has 1 amide bonds. The smallest absolute Gasteiger partial charge is 0.305 e. The van der Waals surface area contributed by atoms with E-state index in [1.165, 1.54) is 11.2 Å². The van der Waals surface area contributed by atoms with Crippen LogP contribution < -0.4 is 10.6 Å². The van der Waals surface area contributed by atoms with Gasteiger partial charge in [-0.15, -0.1) is 0 Å². The van der Waals surface area contributed by atoms with Crippen molar-refractivity contribution in [3.05, 3.63) is 42.5 Å². The Morgan fingerprint density at radius 2 is 2.10 bits per heavy atom. The lowest BCUT2D eigenvalue weighted by Crippen LogP contribution is -2.33. The molecule has 0 spiro atoms. The topological polar surface area (TPSA) is 101 Å². The molecule has 7 heteroatoms. The van der Waals surface area contributed by atoms with Crippen molar-refractivity contribution in [3.63, 3.8) is 0 Å². The van der Waals surface area contributed by atoms with Crippen molar-refractivity contribution in [2.24, 2.45) is 7.05 Å². The summed E-state index contributed by atoms with van der Waals surface area (Å²) in [6.07, 6.45) is 2.92. The summed E-state index contributed by atoms with van der Waals surface area (Å²) in [6, 6.07) is 6.83. The number of nitrogen functional groups attached to an aromatic ring is 1. The fourth-order valence-corrected chi connectivity index (χ4v) is 1.93. The number of nitrogens with two attached hydrogens (primary N) is 1. The SMILES string of the molecule is Cn1cnc(C(=O)N(CCC(=O)O)c2ccccc2N)c1. The number of aromatic nitrogens is 2. The van der Waals surface area contributed by atoms with E-state index in [9.17, 15) is 9.59 Å². The van der Waals surface area contributed by atoms with Gasteiger partial charge >= 0.3 is 5.97 Å². The van der Waals surface area contributed by atoms with Crippen molar-refractivity contribution in [2.75, 3.05) is 17.2 Å². The summed E-state index contributed by atoms with van der Waals surface area (Å²) in [6.45, 7) is 0.0267. The average Bonchev–Trinajstić information content (AvgIpc) is 2.87. The van der Waals surface area contributed by atoms with Crippen molar-refractivity contribution < 1.29 is 14.7 Å². The lowest BCUT2D eigenvalue weighted by Gasteiger charge is -2.22. The molecule has 0 bridgehead atoms. The second-order valence-electron chi connectivity index (χ2n) is 4.58. The number of aryl methyl sites for hydroxylation is 1. The van der Waals surface area contributed by atoms with Crippen LogP contribution in [0, 0.1) is 0 Å². The summed E-state index contributed by atoms with van der Waals surface area (Å²) in [7, 11) is 1.75. The van der Waals surface area contributed by atoms with Crippen LogP contribution in [0.5, 0.6) is 0 Å². The summed E-state index contributed by atoms with van der Waals surface area (Å²) in [5.74, 6) is -1.36. The Hall–Kier alpha value is -2.83. The van der Waals surface area contributed by atoms with Crippen LogP contribution in [0.2, 0.25) is 0 Å². The van der Waals surface area contributed by atoms with Gasteiger partial charge in [-0.1, -0.05) is 12.1 Å². The Bertz CT molecular complexity index is 666. The van der Waals surface area contributed by atoms with Crippen LogP contribution in [0.1, 0.15) is 16.9 Å². The van der Waals surface area contributed by atoms with E-state index in [4.69, 9.17) is 10.8 Å². The summed E-state index contributed by atoms with van der Waals surface area (Å²) in [5.41, 5.74) is 7.01. The van der Waals surface area contributed by atoms with E-state index in [0.717, 1.165) is 0 Å². The number of rotatable bonds is 5. The fraction of sp³-hybridized carbons (Fsp3) is 0.214. The van der Waals surface area contributed by atoms with E-state index in [1.807, 2.05) is 0 Å². The maximum atomic E-state index is 12.5. The summed E-state index contributed by atoms with van der Waals surface area (Å²) in [4.78, 5) is 28.7. The van der Waals surface area contributed by atoms with Gasteiger partial charge in [-0.05, 0) is 12.1 Å². The normalized spacial score (nSPS) is 10.3. The third-order valence-corrected chi connectivity index (χ3v) is 2.95. The van der Waals surface area contributed by atoms with Crippen LogP contribution in [-0.4, -0.2) is 33.1 Å². The molecule has 0 atom stereocenters. The summed E-state index contributed by atoms with van der Waals surface area (Å²) in [5, 5.41) is 8.85. The molecule has 3 N–H and O–H groups in total. The zero-order chi connectivity index (χ0) is 15.4. The highest BCUT2D eigenvalue weighted by molar-refractivity contribution is 6.06. The molecule has 0 aliphatic heterocycles. The number of benzene rings is 1. The standard InChI is InChI=1S/C14H16N4O3/c1-17-8-11(16-9-17)14(21)18(7-6-13(19)20)12-5-3-2-4-10(12)15/h2-5,8-9H,6-7,15H2,1H3,(H,19,20). The number of nitrogens with zero attached hydrogens (tertiary/aromatic N) is 3. The second-order valence-corrected chi connectivity index (χ2v) is 4.58. The van der Waals surface area contributed by atoms with Crippen molar-refractivity contribution >= 4 is 23.3 Å². The molecule has 0 aliphatic carbocycles. The van der Waals surface area contributed by atoms with Gasteiger partial charge in [0.2, 0.25) is 0 Å². The van der Waals surface area contributed by atoms with Crippen molar-refractivity contribution in [3.8, 4) is 0 Å². The number of anilines is 2. The maximum absolute atomic E-state index is 12.5. The molecule has 0 unspecified atom stereocenters. The van der Waals surface area contributed by atoms with Crippen molar-refractivity contribution in [1.82, 2.24) is 9.55 Å². The molecule has 0 fully saturated rings. The van der Waals surface area contributed by atoms with Crippen LogP contribution in [0.3, 0.4) is 0 Å². The Kier molecular flexibility index (Phi) is 4.22. The van der Waals surface area contributed by atoms with Gasteiger partial charge in [0.05, 0.1) is 24.1 Å².